The molecule has 0 aromatic heterocycles. The molecular weight excluding hydrogens is 381 g/mol. The van der Waals surface area contributed by atoms with Gasteiger partial charge in [0.2, 0.25) is 0 Å². The molecule has 0 fully saturated rings. The third-order valence-electron chi connectivity index (χ3n) is 4.04. The second-order valence-corrected chi connectivity index (χ2v) is 7.90. The van der Waals surface area contributed by atoms with Crippen LogP contribution in [0.25, 0.3) is 0 Å². The first-order valence-electron chi connectivity index (χ1n) is 8.62. The maximum absolute atomic E-state index is 13.0. The second-order valence-electron chi connectivity index (χ2n) is 5.93. The molecule has 0 saturated heterocycles. The Morgan fingerprint density at radius 1 is 0.786 bits per heavy atom. The highest BCUT2D eigenvalue weighted by Crippen LogP contribution is 2.24. The molecule has 0 aliphatic carbocycles. The lowest BCUT2D eigenvalue weighted by Crippen LogP contribution is -2.26. The van der Waals surface area contributed by atoms with Crippen LogP contribution in [0.5, 0.6) is 11.5 Å². The number of ether oxygens (including phenoxy) is 2. The summed E-state index contributed by atoms with van der Waals surface area (Å²) in [5, 5.41) is 0. The molecule has 0 amide bonds. The molecule has 3 aromatic rings. The molecule has 3 rings (SSSR count). The van der Waals surface area contributed by atoms with E-state index in [-0.39, 0.29) is 4.90 Å². The van der Waals surface area contributed by atoms with Gasteiger partial charge < -0.3 is 9.47 Å². The van der Waals surface area contributed by atoms with Gasteiger partial charge in [0.15, 0.2) is 0 Å². The van der Waals surface area contributed by atoms with Gasteiger partial charge in [0, 0.05) is 7.05 Å². The van der Waals surface area contributed by atoms with Crippen molar-refractivity contribution in [3.63, 3.8) is 0 Å². The van der Waals surface area contributed by atoms with E-state index in [0.717, 1.165) is 22.2 Å². The summed E-state index contributed by atoms with van der Waals surface area (Å²) in [6, 6.07) is 20.8. The van der Waals surface area contributed by atoms with Crippen LogP contribution in [0.1, 0.15) is 0 Å². The van der Waals surface area contributed by atoms with Crippen molar-refractivity contribution < 1.29 is 22.3 Å². The number of sulfonamides is 1. The minimum atomic E-state index is -3.77. The van der Waals surface area contributed by atoms with E-state index in [0.29, 0.717) is 24.7 Å². The quantitative estimate of drug-likeness (QED) is 0.533. The fourth-order valence-electron chi connectivity index (χ4n) is 2.49. The molecule has 0 unspecified atom stereocenters. The number of rotatable bonds is 8. The Labute approximate surface area is 164 Å². The largest absolute Gasteiger partial charge is 0.490 e. The van der Waals surface area contributed by atoms with Crippen LogP contribution in [0.2, 0.25) is 0 Å². The van der Waals surface area contributed by atoms with Crippen LogP contribution in [-0.4, -0.2) is 28.7 Å². The SMILES string of the molecule is CN(c1ccc(OCCOc2ccccc2)cc1)S(=O)(=O)c1ccc(F)cc1. The summed E-state index contributed by atoms with van der Waals surface area (Å²) in [7, 11) is -2.32. The van der Waals surface area contributed by atoms with Crippen molar-refractivity contribution in [1.29, 1.82) is 0 Å². The van der Waals surface area contributed by atoms with Gasteiger partial charge in [-0.3, -0.25) is 4.31 Å². The van der Waals surface area contributed by atoms with Crippen LogP contribution in [0.3, 0.4) is 0 Å². The summed E-state index contributed by atoms with van der Waals surface area (Å²) in [5.41, 5.74) is 0.470. The summed E-state index contributed by atoms with van der Waals surface area (Å²) in [6.07, 6.45) is 0. The van der Waals surface area contributed by atoms with Crippen LogP contribution < -0.4 is 13.8 Å². The number of hydrogen-bond acceptors (Lipinski definition) is 4. The first-order valence-corrected chi connectivity index (χ1v) is 10.1. The van der Waals surface area contributed by atoms with E-state index in [2.05, 4.69) is 0 Å². The molecule has 0 N–H and O–H groups in total. The van der Waals surface area contributed by atoms with Crippen molar-refractivity contribution in [3.05, 3.63) is 84.7 Å². The number of benzene rings is 3. The van der Waals surface area contributed by atoms with Crippen molar-refractivity contribution in [2.45, 2.75) is 4.90 Å². The van der Waals surface area contributed by atoms with E-state index in [4.69, 9.17) is 9.47 Å². The summed E-state index contributed by atoms with van der Waals surface area (Å²) < 4.78 is 50.6. The molecule has 7 heteroatoms. The molecule has 0 radical (unpaired) electrons. The molecular formula is C21H20FNO4S. The summed E-state index contributed by atoms with van der Waals surface area (Å²) in [5.74, 6) is 0.890. The first kappa shape index (κ1) is 19.7. The lowest BCUT2D eigenvalue weighted by Gasteiger charge is -2.20. The van der Waals surface area contributed by atoms with E-state index in [1.54, 1.807) is 24.3 Å². The Balaban J connectivity index is 1.58. The minimum absolute atomic E-state index is 0.0230. The second kappa shape index (κ2) is 8.75. The third-order valence-corrected chi connectivity index (χ3v) is 5.84. The molecule has 0 bridgehead atoms. The van der Waals surface area contributed by atoms with Crippen molar-refractivity contribution in [2.24, 2.45) is 0 Å². The molecule has 0 saturated carbocycles. The Morgan fingerprint density at radius 2 is 1.32 bits per heavy atom. The zero-order valence-corrected chi connectivity index (χ0v) is 16.1. The van der Waals surface area contributed by atoms with Crippen molar-refractivity contribution >= 4 is 15.7 Å². The van der Waals surface area contributed by atoms with Crippen molar-refractivity contribution in [3.8, 4) is 11.5 Å². The van der Waals surface area contributed by atoms with E-state index in [9.17, 15) is 12.8 Å². The maximum atomic E-state index is 13.0. The molecule has 0 atom stereocenters. The fraction of sp³-hybridized carbons (Fsp3) is 0.143. The van der Waals surface area contributed by atoms with Crippen LogP contribution >= 0.6 is 0 Å². The molecule has 0 aliphatic heterocycles. The van der Waals surface area contributed by atoms with Gasteiger partial charge in [0.1, 0.15) is 30.5 Å². The van der Waals surface area contributed by atoms with E-state index >= 15 is 0 Å². The zero-order valence-electron chi connectivity index (χ0n) is 15.3. The topological polar surface area (TPSA) is 55.8 Å². The Morgan fingerprint density at radius 3 is 1.89 bits per heavy atom. The van der Waals surface area contributed by atoms with E-state index in [1.807, 2.05) is 30.3 Å². The molecule has 0 aliphatic rings. The summed E-state index contributed by atoms with van der Waals surface area (Å²) in [4.78, 5) is 0.0230. The lowest BCUT2D eigenvalue weighted by molar-refractivity contribution is 0.217. The van der Waals surface area contributed by atoms with Crippen LogP contribution in [-0.2, 0) is 10.0 Å². The number of nitrogens with zero attached hydrogens (tertiary/aromatic N) is 1. The molecule has 3 aromatic carbocycles. The number of para-hydroxylation sites is 1. The van der Waals surface area contributed by atoms with Crippen LogP contribution in [0.4, 0.5) is 10.1 Å². The molecule has 5 nitrogen and oxygen atoms in total. The van der Waals surface area contributed by atoms with E-state index < -0.39 is 15.8 Å². The van der Waals surface area contributed by atoms with Gasteiger partial charge in [-0.25, -0.2) is 12.8 Å². The molecule has 0 heterocycles. The van der Waals surface area contributed by atoms with Gasteiger partial charge in [0.25, 0.3) is 10.0 Å². The van der Waals surface area contributed by atoms with Crippen molar-refractivity contribution in [1.82, 2.24) is 0 Å². The molecule has 146 valence electrons. The van der Waals surface area contributed by atoms with Gasteiger partial charge in [-0.05, 0) is 60.7 Å². The standard InChI is InChI=1S/C21H20FNO4S/c1-23(28(24,25)21-13-7-17(22)8-14-21)18-9-11-20(12-10-18)27-16-15-26-19-5-3-2-4-6-19/h2-14H,15-16H2,1H3. The predicted molar refractivity (Wildman–Crippen MR) is 106 cm³/mol. The van der Waals surface area contributed by atoms with E-state index in [1.165, 1.54) is 19.2 Å². The van der Waals surface area contributed by atoms with Gasteiger partial charge in [0.05, 0.1) is 10.6 Å². The monoisotopic (exact) mass is 401 g/mol. The predicted octanol–water partition coefficient (Wildman–Crippen LogP) is 4.11. The molecule has 28 heavy (non-hydrogen) atoms. The minimum Gasteiger partial charge on any atom is -0.490 e. The Kier molecular flexibility index (Phi) is 6.16. The van der Waals surface area contributed by atoms with Crippen molar-refractivity contribution in [2.75, 3.05) is 24.6 Å². The summed E-state index contributed by atoms with van der Waals surface area (Å²) >= 11 is 0. The lowest BCUT2D eigenvalue weighted by atomic mass is 10.3. The summed E-state index contributed by atoms with van der Waals surface area (Å²) in [6.45, 7) is 0.753. The number of anilines is 1. The highest BCUT2D eigenvalue weighted by atomic mass is 32.2. The molecule has 0 spiro atoms. The highest BCUT2D eigenvalue weighted by molar-refractivity contribution is 7.92. The highest BCUT2D eigenvalue weighted by Gasteiger charge is 2.21. The van der Waals surface area contributed by atoms with Gasteiger partial charge in [-0.15, -0.1) is 0 Å². The fourth-order valence-corrected chi connectivity index (χ4v) is 3.69. The van der Waals surface area contributed by atoms with Crippen LogP contribution in [0.15, 0.2) is 83.8 Å². The third kappa shape index (κ3) is 4.80. The normalized spacial score (nSPS) is 11.1. The Bertz CT molecular complexity index is 991. The van der Waals surface area contributed by atoms with Gasteiger partial charge >= 0.3 is 0 Å². The number of halogens is 1. The zero-order chi connectivity index (χ0) is 20.0. The smallest absolute Gasteiger partial charge is 0.264 e. The first-order chi connectivity index (χ1) is 13.5. The maximum Gasteiger partial charge on any atom is 0.264 e. The number of hydrogen-bond donors (Lipinski definition) is 0. The van der Waals surface area contributed by atoms with Gasteiger partial charge in [-0.1, -0.05) is 18.2 Å². The average Bonchev–Trinajstić information content (AvgIpc) is 2.72. The van der Waals surface area contributed by atoms with Gasteiger partial charge in [-0.2, -0.15) is 0 Å². The van der Waals surface area contributed by atoms with Crippen LogP contribution in [0, 0.1) is 5.82 Å². The Hall–Kier alpha value is -3.06. The average molecular weight is 401 g/mol.